The van der Waals surface area contributed by atoms with Gasteiger partial charge in [-0.3, -0.25) is 4.99 Å². The van der Waals surface area contributed by atoms with Crippen molar-refractivity contribution in [1.29, 1.82) is 0 Å². The van der Waals surface area contributed by atoms with Crippen molar-refractivity contribution in [2.75, 3.05) is 0 Å². The SMILES string of the molecule is Cc1cc(F)cc(C(N)=NC(C)C)c1. The number of rotatable bonds is 2. The van der Waals surface area contributed by atoms with E-state index in [1.807, 2.05) is 26.8 Å². The third-order valence-electron chi connectivity index (χ3n) is 1.74. The molecular formula is C11H15FN2. The lowest BCUT2D eigenvalue weighted by Gasteiger charge is -2.04. The predicted octanol–water partition coefficient (Wildman–Crippen LogP) is 2.25. The third-order valence-corrected chi connectivity index (χ3v) is 1.74. The van der Waals surface area contributed by atoms with Crippen molar-refractivity contribution in [2.24, 2.45) is 10.7 Å². The van der Waals surface area contributed by atoms with E-state index in [4.69, 9.17) is 5.73 Å². The van der Waals surface area contributed by atoms with Crippen LogP contribution in [0.1, 0.15) is 25.0 Å². The summed E-state index contributed by atoms with van der Waals surface area (Å²) in [7, 11) is 0. The zero-order valence-electron chi connectivity index (χ0n) is 8.71. The minimum absolute atomic E-state index is 0.124. The number of benzene rings is 1. The molecule has 1 aromatic carbocycles. The van der Waals surface area contributed by atoms with Gasteiger partial charge in [-0.1, -0.05) is 0 Å². The Morgan fingerprint density at radius 3 is 2.50 bits per heavy atom. The van der Waals surface area contributed by atoms with Crippen molar-refractivity contribution in [3.8, 4) is 0 Å². The number of aryl methyl sites for hydroxylation is 1. The van der Waals surface area contributed by atoms with E-state index >= 15 is 0 Å². The largest absolute Gasteiger partial charge is 0.383 e. The molecule has 0 atom stereocenters. The normalized spacial score (nSPS) is 12.2. The summed E-state index contributed by atoms with van der Waals surface area (Å²) in [5.74, 6) is 0.115. The van der Waals surface area contributed by atoms with E-state index in [0.717, 1.165) is 5.56 Å². The summed E-state index contributed by atoms with van der Waals surface area (Å²) in [6.45, 7) is 5.69. The molecule has 0 spiro atoms. The molecule has 0 heterocycles. The fraction of sp³-hybridized carbons (Fsp3) is 0.364. The molecule has 0 aliphatic rings. The summed E-state index contributed by atoms with van der Waals surface area (Å²) in [5.41, 5.74) is 7.22. The highest BCUT2D eigenvalue weighted by Gasteiger charge is 2.02. The number of hydrogen-bond donors (Lipinski definition) is 1. The summed E-state index contributed by atoms with van der Waals surface area (Å²) < 4.78 is 13.0. The van der Waals surface area contributed by atoms with Crippen molar-refractivity contribution >= 4 is 5.84 Å². The molecule has 0 aliphatic heterocycles. The van der Waals surface area contributed by atoms with Crippen LogP contribution < -0.4 is 5.73 Å². The van der Waals surface area contributed by atoms with E-state index in [1.54, 1.807) is 0 Å². The maximum atomic E-state index is 13.0. The van der Waals surface area contributed by atoms with Gasteiger partial charge in [0.2, 0.25) is 0 Å². The molecule has 2 nitrogen and oxygen atoms in total. The zero-order chi connectivity index (χ0) is 10.7. The Labute approximate surface area is 83.7 Å². The quantitative estimate of drug-likeness (QED) is 0.569. The van der Waals surface area contributed by atoms with Gasteiger partial charge in [0.15, 0.2) is 0 Å². The van der Waals surface area contributed by atoms with Crippen molar-refractivity contribution in [3.63, 3.8) is 0 Å². The van der Waals surface area contributed by atoms with Gasteiger partial charge in [0, 0.05) is 11.6 Å². The Kier molecular flexibility index (Phi) is 3.23. The highest BCUT2D eigenvalue weighted by molar-refractivity contribution is 5.97. The Morgan fingerprint density at radius 2 is 2.00 bits per heavy atom. The molecule has 1 rings (SSSR count). The van der Waals surface area contributed by atoms with Crippen molar-refractivity contribution in [1.82, 2.24) is 0 Å². The van der Waals surface area contributed by atoms with Gasteiger partial charge in [0.05, 0.1) is 0 Å². The summed E-state index contributed by atoms with van der Waals surface area (Å²) in [6.07, 6.45) is 0. The fourth-order valence-corrected chi connectivity index (χ4v) is 1.24. The van der Waals surface area contributed by atoms with Crippen molar-refractivity contribution < 1.29 is 4.39 Å². The number of nitrogens with two attached hydrogens (primary N) is 1. The number of hydrogen-bond acceptors (Lipinski definition) is 1. The molecule has 0 radical (unpaired) electrons. The molecule has 0 bridgehead atoms. The second kappa shape index (κ2) is 4.22. The van der Waals surface area contributed by atoms with Crippen LogP contribution in [0, 0.1) is 12.7 Å². The molecular weight excluding hydrogens is 179 g/mol. The Bertz CT molecular complexity index is 336. The molecule has 0 aromatic heterocycles. The van der Waals surface area contributed by atoms with Gasteiger partial charge in [0.1, 0.15) is 11.7 Å². The Balaban J connectivity index is 3.07. The van der Waals surface area contributed by atoms with E-state index in [9.17, 15) is 4.39 Å². The van der Waals surface area contributed by atoms with Gasteiger partial charge in [-0.2, -0.15) is 0 Å². The molecule has 0 saturated heterocycles. The van der Waals surface area contributed by atoms with E-state index < -0.39 is 0 Å². The number of halogens is 1. The predicted molar refractivity (Wildman–Crippen MR) is 57.0 cm³/mol. The average molecular weight is 194 g/mol. The standard InChI is InChI=1S/C11H15FN2/c1-7(2)14-11(13)9-4-8(3)5-10(12)6-9/h4-7H,1-3H3,(H2,13,14). The van der Waals surface area contributed by atoms with Gasteiger partial charge in [-0.15, -0.1) is 0 Å². The molecule has 0 saturated carbocycles. The van der Waals surface area contributed by atoms with E-state index in [0.29, 0.717) is 11.4 Å². The maximum Gasteiger partial charge on any atom is 0.125 e. The third kappa shape index (κ3) is 2.83. The molecule has 0 amide bonds. The first-order valence-electron chi connectivity index (χ1n) is 4.60. The molecule has 0 fully saturated rings. The first-order chi connectivity index (χ1) is 6.49. The Hall–Kier alpha value is -1.38. The monoisotopic (exact) mass is 194 g/mol. The Morgan fingerprint density at radius 1 is 1.36 bits per heavy atom. The van der Waals surface area contributed by atoms with E-state index in [-0.39, 0.29) is 11.9 Å². The molecule has 76 valence electrons. The topological polar surface area (TPSA) is 38.4 Å². The van der Waals surface area contributed by atoms with Gasteiger partial charge in [-0.25, -0.2) is 4.39 Å². The smallest absolute Gasteiger partial charge is 0.125 e. The van der Waals surface area contributed by atoms with Crippen LogP contribution in [0.4, 0.5) is 4.39 Å². The van der Waals surface area contributed by atoms with Crippen LogP contribution in [-0.4, -0.2) is 11.9 Å². The van der Waals surface area contributed by atoms with Crippen LogP contribution in [0.15, 0.2) is 23.2 Å². The summed E-state index contributed by atoms with van der Waals surface area (Å²) in [5, 5.41) is 0. The summed E-state index contributed by atoms with van der Waals surface area (Å²) in [6, 6.07) is 4.81. The molecule has 14 heavy (non-hydrogen) atoms. The van der Waals surface area contributed by atoms with E-state index in [2.05, 4.69) is 4.99 Å². The average Bonchev–Trinajstić information content (AvgIpc) is 2.00. The number of aliphatic imine (C=N–C) groups is 1. The first-order valence-corrected chi connectivity index (χ1v) is 4.60. The highest BCUT2D eigenvalue weighted by Crippen LogP contribution is 2.08. The van der Waals surface area contributed by atoms with Crippen LogP contribution in [0.25, 0.3) is 0 Å². The second-order valence-electron chi connectivity index (χ2n) is 3.63. The fourth-order valence-electron chi connectivity index (χ4n) is 1.24. The van der Waals surface area contributed by atoms with Crippen molar-refractivity contribution in [2.45, 2.75) is 26.8 Å². The lowest BCUT2D eigenvalue weighted by Crippen LogP contribution is -2.16. The minimum atomic E-state index is -0.276. The van der Waals surface area contributed by atoms with Crippen LogP contribution in [0.2, 0.25) is 0 Å². The minimum Gasteiger partial charge on any atom is -0.383 e. The van der Waals surface area contributed by atoms with Crippen molar-refractivity contribution in [3.05, 3.63) is 35.1 Å². The van der Waals surface area contributed by atoms with Crippen LogP contribution in [-0.2, 0) is 0 Å². The molecule has 2 N–H and O–H groups in total. The molecule has 3 heteroatoms. The van der Waals surface area contributed by atoms with Crippen LogP contribution >= 0.6 is 0 Å². The number of nitrogens with zero attached hydrogens (tertiary/aromatic N) is 1. The summed E-state index contributed by atoms with van der Waals surface area (Å²) >= 11 is 0. The second-order valence-corrected chi connectivity index (χ2v) is 3.63. The lowest BCUT2D eigenvalue weighted by atomic mass is 10.1. The van der Waals surface area contributed by atoms with Crippen LogP contribution in [0.3, 0.4) is 0 Å². The number of amidine groups is 1. The van der Waals surface area contributed by atoms with Gasteiger partial charge < -0.3 is 5.73 Å². The molecule has 0 unspecified atom stereocenters. The van der Waals surface area contributed by atoms with Gasteiger partial charge >= 0.3 is 0 Å². The lowest BCUT2D eigenvalue weighted by molar-refractivity contribution is 0.626. The van der Waals surface area contributed by atoms with E-state index in [1.165, 1.54) is 12.1 Å². The van der Waals surface area contributed by atoms with Gasteiger partial charge in [0.25, 0.3) is 0 Å². The van der Waals surface area contributed by atoms with Crippen LogP contribution in [0.5, 0.6) is 0 Å². The molecule has 0 aliphatic carbocycles. The highest BCUT2D eigenvalue weighted by atomic mass is 19.1. The maximum absolute atomic E-state index is 13.0. The first kappa shape index (κ1) is 10.7. The van der Waals surface area contributed by atoms with Gasteiger partial charge in [-0.05, 0) is 44.5 Å². The molecule has 1 aromatic rings. The summed E-state index contributed by atoms with van der Waals surface area (Å²) in [4.78, 5) is 4.16. The zero-order valence-corrected chi connectivity index (χ0v) is 8.71.